The summed E-state index contributed by atoms with van der Waals surface area (Å²) in [5, 5.41) is 3.67. The van der Waals surface area contributed by atoms with Crippen LogP contribution in [0.1, 0.15) is 69.6 Å². The predicted octanol–water partition coefficient (Wildman–Crippen LogP) is 6.87. The molecule has 2 heterocycles. The van der Waals surface area contributed by atoms with Gasteiger partial charge in [0.1, 0.15) is 16.4 Å². The van der Waals surface area contributed by atoms with Crippen molar-refractivity contribution in [1.29, 1.82) is 0 Å². The quantitative estimate of drug-likeness (QED) is 0.161. The number of anilines is 2. The lowest BCUT2D eigenvalue weighted by molar-refractivity contribution is -0.145. The van der Waals surface area contributed by atoms with Crippen LogP contribution in [-0.4, -0.2) is 61.6 Å². The molecule has 1 aliphatic rings. The maximum atomic E-state index is 14.4. The third-order valence-electron chi connectivity index (χ3n) is 7.37. The average Bonchev–Trinajstić information content (AvgIpc) is 3.28. The van der Waals surface area contributed by atoms with E-state index in [9.17, 15) is 22.4 Å². The fourth-order valence-electron chi connectivity index (χ4n) is 5.49. The predicted molar refractivity (Wildman–Crippen MR) is 183 cm³/mol. The molecule has 256 valence electrons. The van der Waals surface area contributed by atoms with Crippen LogP contribution < -0.4 is 15.8 Å². The Bertz CT molecular complexity index is 1740. The topological polar surface area (TPSA) is 137 Å². The highest BCUT2D eigenvalue weighted by Crippen LogP contribution is 2.46. The Hall–Kier alpha value is -3.39. The molecular weight excluding hydrogens is 669 g/mol. The number of nitrogens with one attached hydrogen (secondary N) is 1. The number of benzene rings is 2. The molecule has 3 aromatic rings. The first-order chi connectivity index (χ1) is 21.9. The van der Waals surface area contributed by atoms with Gasteiger partial charge in [-0.1, -0.05) is 23.7 Å². The normalized spacial score (nSPS) is 16.8. The van der Waals surface area contributed by atoms with Gasteiger partial charge in [0.25, 0.3) is 0 Å². The largest absolute Gasteiger partial charge is 0.479 e. The molecule has 1 saturated heterocycles. The van der Waals surface area contributed by atoms with Crippen molar-refractivity contribution in [2.45, 2.75) is 77.3 Å². The van der Waals surface area contributed by atoms with Crippen LogP contribution in [0.15, 0.2) is 42.5 Å². The van der Waals surface area contributed by atoms with Crippen LogP contribution in [0, 0.1) is 5.82 Å². The van der Waals surface area contributed by atoms with E-state index in [1.54, 1.807) is 27.7 Å². The molecule has 10 nitrogen and oxygen atoms in total. The van der Waals surface area contributed by atoms with Gasteiger partial charge in [-0.3, -0.25) is 0 Å². The van der Waals surface area contributed by atoms with Gasteiger partial charge in [0.15, 0.2) is 17.2 Å². The molecular formula is C33H41ClFN3O7S2. The van der Waals surface area contributed by atoms with Gasteiger partial charge in [-0.05, 0) is 90.3 Å². The summed E-state index contributed by atoms with van der Waals surface area (Å²) in [6.07, 6.45) is 1.00. The number of thiophene rings is 1. The molecule has 1 aliphatic heterocycles. The first kappa shape index (κ1) is 36.4. The zero-order valence-corrected chi connectivity index (χ0v) is 29.7. The summed E-state index contributed by atoms with van der Waals surface area (Å²) in [5.74, 6) is -2.28. The van der Waals surface area contributed by atoms with Crippen molar-refractivity contribution in [2.75, 3.05) is 30.8 Å². The molecule has 0 saturated carbocycles. The molecule has 1 atom stereocenters. The van der Waals surface area contributed by atoms with E-state index in [0.29, 0.717) is 29.0 Å². The molecule has 3 N–H and O–H groups in total. The van der Waals surface area contributed by atoms with Crippen molar-refractivity contribution in [3.05, 3.63) is 63.7 Å². The molecule has 2 aromatic carbocycles. The minimum atomic E-state index is -3.84. The molecule has 4 rings (SSSR count). The third-order valence-corrected chi connectivity index (χ3v) is 11.1. The zero-order chi connectivity index (χ0) is 34.7. The van der Waals surface area contributed by atoms with Gasteiger partial charge in [0.2, 0.25) is 10.0 Å². The Labute approximate surface area is 284 Å². The van der Waals surface area contributed by atoms with Crippen molar-refractivity contribution in [3.8, 4) is 16.2 Å². The second-order valence-electron chi connectivity index (χ2n) is 12.9. The summed E-state index contributed by atoms with van der Waals surface area (Å²) in [6.45, 7) is 10.6. The van der Waals surface area contributed by atoms with Gasteiger partial charge in [0, 0.05) is 35.1 Å². The van der Waals surface area contributed by atoms with E-state index in [1.165, 1.54) is 22.5 Å². The van der Waals surface area contributed by atoms with Gasteiger partial charge in [-0.25, -0.2) is 22.4 Å². The van der Waals surface area contributed by atoms with Gasteiger partial charge < -0.3 is 25.3 Å². The van der Waals surface area contributed by atoms with Gasteiger partial charge in [0.05, 0.1) is 17.2 Å². The van der Waals surface area contributed by atoms with Crippen LogP contribution in [0.4, 0.5) is 15.8 Å². The van der Waals surface area contributed by atoms with E-state index in [2.05, 4.69) is 5.32 Å². The van der Waals surface area contributed by atoms with Crippen molar-refractivity contribution in [1.82, 2.24) is 4.31 Å². The van der Waals surface area contributed by atoms with Crippen molar-refractivity contribution < 1.29 is 36.6 Å². The molecule has 0 spiro atoms. The number of hydrogen-bond acceptors (Lipinski definition) is 10. The Balaban J connectivity index is 1.54. The Morgan fingerprint density at radius 2 is 1.91 bits per heavy atom. The standard InChI is InChI=1S/C33H41ClFN3O7S2/c1-7-43-26(39)18-44-28-27(34)29(46-30(28)31(40)45-32(2,3)4)20-9-8-10-23(16-20)37-24-13-14-38(33(5,6)17-24)47(41,42)19-21-15-22(36)11-12-25(21)35/h8-12,15-16,24,37H,7,13-14,17-19,36H2,1-6H3/t24-/m1/s1. The smallest absolute Gasteiger partial charge is 0.352 e. The number of ether oxygens (including phenoxy) is 3. The first-order valence-corrected chi connectivity index (χ1v) is 18.0. The molecule has 1 fully saturated rings. The highest BCUT2D eigenvalue weighted by molar-refractivity contribution is 7.88. The van der Waals surface area contributed by atoms with Crippen LogP contribution in [0.3, 0.4) is 0 Å². The molecule has 47 heavy (non-hydrogen) atoms. The van der Waals surface area contributed by atoms with Gasteiger partial charge in [-0.15, -0.1) is 11.3 Å². The fraction of sp³-hybridized carbons (Fsp3) is 0.455. The van der Waals surface area contributed by atoms with Gasteiger partial charge in [-0.2, -0.15) is 4.31 Å². The van der Waals surface area contributed by atoms with Crippen LogP contribution in [0.2, 0.25) is 5.02 Å². The molecule has 0 radical (unpaired) electrons. The highest BCUT2D eigenvalue weighted by atomic mass is 35.5. The number of nitrogen functional groups attached to an aromatic ring is 1. The number of sulfonamides is 1. The maximum Gasteiger partial charge on any atom is 0.352 e. The second-order valence-corrected chi connectivity index (χ2v) is 16.2. The Morgan fingerprint density at radius 3 is 2.57 bits per heavy atom. The minimum absolute atomic E-state index is 0.0365. The molecule has 14 heteroatoms. The van der Waals surface area contributed by atoms with E-state index < -0.39 is 51.3 Å². The summed E-state index contributed by atoms with van der Waals surface area (Å²) < 4.78 is 58.9. The van der Waals surface area contributed by atoms with Crippen molar-refractivity contribution in [3.63, 3.8) is 0 Å². The molecule has 0 aliphatic carbocycles. The summed E-state index contributed by atoms with van der Waals surface area (Å²) in [6, 6.07) is 11.3. The molecule has 0 bridgehead atoms. The number of piperidine rings is 1. The molecule has 0 unspecified atom stereocenters. The number of esters is 2. The van der Waals surface area contributed by atoms with Crippen LogP contribution in [0.5, 0.6) is 5.75 Å². The maximum absolute atomic E-state index is 14.4. The molecule has 1 aromatic heterocycles. The lowest BCUT2D eigenvalue weighted by atomic mass is 9.89. The SMILES string of the molecule is CCOC(=O)COc1c(C(=O)OC(C)(C)C)sc(-c2cccc(N[C@@H]3CCN(S(=O)(=O)Cc4cc(N)ccc4F)C(C)(C)C3)c2)c1Cl. The van der Waals surface area contributed by atoms with E-state index in [4.69, 9.17) is 31.5 Å². The number of carbonyl (C=O) groups excluding carboxylic acids is 2. The number of nitrogens with zero attached hydrogens (tertiary/aromatic N) is 1. The van der Waals surface area contributed by atoms with E-state index in [-0.39, 0.29) is 40.4 Å². The molecule has 0 amide bonds. The minimum Gasteiger partial charge on any atom is -0.479 e. The summed E-state index contributed by atoms with van der Waals surface area (Å²) >= 11 is 7.86. The lowest BCUT2D eigenvalue weighted by Crippen LogP contribution is -2.55. The number of halogens is 2. The monoisotopic (exact) mass is 709 g/mol. The number of hydrogen-bond donors (Lipinski definition) is 2. The fourth-order valence-corrected chi connectivity index (χ4v) is 8.91. The second kappa shape index (κ2) is 14.4. The van der Waals surface area contributed by atoms with E-state index >= 15 is 0 Å². The summed E-state index contributed by atoms with van der Waals surface area (Å²) in [5.41, 5.74) is 6.04. The number of rotatable bonds is 11. The van der Waals surface area contributed by atoms with E-state index in [0.717, 1.165) is 17.0 Å². The van der Waals surface area contributed by atoms with Crippen molar-refractivity contribution >= 4 is 56.3 Å². The Kier molecular flexibility index (Phi) is 11.2. The highest BCUT2D eigenvalue weighted by Gasteiger charge is 2.42. The van der Waals surface area contributed by atoms with Gasteiger partial charge >= 0.3 is 11.9 Å². The summed E-state index contributed by atoms with van der Waals surface area (Å²) in [4.78, 5) is 25.8. The van der Waals surface area contributed by atoms with E-state index in [1.807, 2.05) is 38.1 Å². The lowest BCUT2D eigenvalue weighted by Gasteiger charge is -2.45. The average molecular weight is 710 g/mol. The number of carbonyl (C=O) groups is 2. The van der Waals surface area contributed by atoms with Crippen LogP contribution in [0.25, 0.3) is 10.4 Å². The Morgan fingerprint density at radius 1 is 1.19 bits per heavy atom. The number of nitrogens with two attached hydrogens (primary N) is 1. The third kappa shape index (κ3) is 9.16. The van der Waals surface area contributed by atoms with Crippen molar-refractivity contribution in [2.24, 2.45) is 0 Å². The van der Waals surface area contributed by atoms with Crippen LogP contribution in [-0.2, 0) is 30.0 Å². The first-order valence-electron chi connectivity index (χ1n) is 15.2. The summed E-state index contributed by atoms with van der Waals surface area (Å²) in [7, 11) is -3.84. The zero-order valence-electron chi connectivity index (χ0n) is 27.3. The van der Waals surface area contributed by atoms with Crippen LogP contribution >= 0.6 is 22.9 Å².